The van der Waals surface area contributed by atoms with E-state index in [4.69, 9.17) is 6.42 Å². The highest BCUT2D eigenvalue weighted by Crippen LogP contribution is 2.18. The minimum Gasteiger partial charge on any atom is -0.347 e. The summed E-state index contributed by atoms with van der Waals surface area (Å²) in [7, 11) is 1.96. The molecule has 1 N–H and O–H groups in total. The second-order valence-corrected chi connectivity index (χ2v) is 3.89. The fraction of sp³-hybridized carbons (Fsp3) is 0.286. The van der Waals surface area contributed by atoms with Gasteiger partial charge in [-0.15, -0.1) is 12.3 Å². The van der Waals surface area contributed by atoms with E-state index in [1.165, 1.54) is 16.5 Å². The number of benzene rings is 1. The standard InChI is InChI=1S/C14H16N2/c1-3-4-8-16-9-7-13-10-12(11-15-2)5-6-14(13)16/h1,5-7,9-10,15H,4,8,11H2,2H3. The molecule has 1 heterocycles. The van der Waals surface area contributed by atoms with Crippen molar-refractivity contribution in [2.75, 3.05) is 7.05 Å². The molecular formula is C14H16N2. The number of aromatic nitrogens is 1. The zero-order valence-corrected chi connectivity index (χ0v) is 9.53. The van der Waals surface area contributed by atoms with Crippen LogP contribution in [0.25, 0.3) is 10.9 Å². The SMILES string of the molecule is C#CCCn1ccc2cc(CNC)ccc21. The lowest BCUT2D eigenvalue weighted by atomic mass is 10.1. The number of hydrogen-bond acceptors (Lipinski definition) is 1. The molecule has 16 heavy (non-hydrogen) atoms. The quantitative estimate of drug-likeness (QED) is 0.770. The summed E-state index contributed by atoms with van der Waals surface area (Å²) in [6.07, 6.45) is 8.16. The molecule has 0 bridgehead atoms. The molecule has 1 aromatic carbocycles. The van der Waals surface area contributed by atoms with Crippen LogP contribution in [0.4, 0.5) is 0 Å². The number of rotatable bonds is 4. The Labute approximate surface area is 96.3 Å². The van der Waals surface area contributed by atoms with Crippen LogP contribution in [0.1, 0.15) is 12.0 Å². The fourth-order valence-corrected chi connectivity index (χ4v) is 1.94. The summed E-state index contributed by atoms with van der Waals surface area (Å²) < 4.78 is 2.21. The van der Waals surface area contributed by atoms with Gasteiger partial charge in [0.05, 0.1) is 0 Å². The van der Waals surface area contributed by atoms with Gasteiger partial charge in [-0.1, -0.05) is 6.07 Å². The highest BCUT2D eigenvalue weighted by atomic mass is 14.9. The maximum atomic E-state index is 5.28. The van der Waals surface area contributed by atoms with Crippen molar-refractivity contribution >= 4 is 10.9 Å². The van der Waals surface area contributed by atoms with E-state index >= 15 is 0 Å². The van der Waals surface area contributed by atoms with Gasteiger partial charge < -0.3 is 9.88 Å². The molecule has 0 unspecified atom stereocenters. The van der Waals surface area contributed by atoms with E-state index in [0.717, 1.165) is 19.5 Å². The van der Waals surface area contributed by atoms with Crippen LogP contribution in [0.2, 0.25) is 0 Å². The Morgan fingerprint density at radius 2 is 2.25 bits per heavy atom. The van der Waals surface area contributed by atoms with Crippen molar-refractivity contribution in [3.05, 3.63) is 36.0 Å². The predicted molar refractivity (Wildman–Crippen MR) is 68.2 cm³/mol. The van der Waals surface area contributed by atoms with E-state index in [1.807, 2.05) is 7.05 Å². The number of fused-ring (bicyclic) bond motifs is 1. The summed E-state index contributed by atoms with van der Waals surface area (Å²) >= 11 is 0. The van der Waals surface area contributed by atoms with Crippen molar-refractivity contribution in [1.82, 2.24) is 9.88 Å². The van der Waals surface area contributed by atoms with Crippen LogP contribution in [0.5, 0.6) is 0 Å². The van der Waals surface area contributed by atoms with Gasteiger partial charge in [0.15, 0.2) is 0 Å². The van der Waals surface area contributed by atoms with Gasteiger partial charge in [0, 0.05) is 31.2 Å². The molecule has 0 saturated carbocycles. The van der Waals surface area contributed by atoms with Crippen LogP contribution in [0.3, 0.4) is 0 Å². The van der Waals surface area contributed by atoms with Gasteiger partial charge in [0.1, 0.15) is 0 Å². The highest BCUT2D eigenvalue weighted by Gasteiger charge is 2.01. The van der Waals surface area contributed by atoms with Crippen LogP contribution >= 0.6 is 0 Å². The molecule has 0 radical (unpaired) electrons. The summed E-state index contributed by atoms with van der Waals surface area (Å²) in [6, 6.07) is 8.69. The van der Waals surface area contributed by atoms with Crippen LogP contribution < -0.4 is 5.32 Å². The second-order valence-electron chi connectivity index (χ2n) is 3.89. The maximum absolute atomic E-state index is 5.28. The normalized spacial score (nSPS) is 10.5. The lowest BCUT2D eigenvalue weighted by molar-refractivity contribution is 0.749. The van der Waals surface area contributed by atoms with Gasteiger partial charge in [-0.3, -0.25) is 0 Å². The average Bonchev–Trinajstić information content (AvgIpc) is 2.69. The first-order chi connectivity index (χ1) is 7.85. The Balaban J connectivity index is 2.32. The molecule has 82 valence electrons. The number of nitrogens with one attached hydrogen (secondary N) is 1. The Hall–Kier alpha value is -1.72. The molecule has 0 aliphatic rings. The third-order valence-corrected chi connectivity index (χ3v) is 2.71. The first-order valence-electron chi connectivity index (χ1n) is 5.51. The van der Waals surface area contributed by atoms with Crippen molar-refractivity contribution in [2.45, 2.75) is 19.5 Å². The van der Waals surface area contributed by atoms with Crippen molar-refractivity contribution in [1.29, 1.82) is 0 Å². The van der Waals surface area contributed by atoms with Gasteiger partial charge in [-0.05, 0) is 36.2 Å². The first kappa shape index (κ1) is 10.8. The molecule has 0 aliphatic carbocycles. The van der Waals surface area contributed by atoms with Gasteiger partial charge >= 0.3 is 0 Å². The van der Waals surface area contributed by atoms with E-state index in [9.17, 15) is 0 Å². The number of terminal acetylenes is 1. The second kappa shape index (κ2) is 4.87. The van der Waals surface area contributed by atoms with E-state index < -0.39 is 0 Å². The molecule has 2 nitrogen and oxygen atoms in total. The number of hydrogen-bond donors (Lipinski definition) is 1. The topological polar surface area (TPSA) is 17.0 Å². The molecule has 0 spiro atoms. The maximum Gasteiger partial charge on any atom is 0.0480 e. The average molecular weight is 212 g/mol. The first-order valence-corrected chi connectivity index (χ1v) is 5.51. The molecule has 2 aromatic rings. The van der Waals surface area contributed by atoms with E-state index in [-0.39, 0.29) is 0 Å². The van der Waals surface area contributed by atoms with E-state index in [1.54, 1.807) is 0 Å². The molecule has 1 aromatic heterocycles. The minimum absolute atomic E-state index is 0.780. The highest BCUT2D eigenvalue weighted by molar-refractivity contribution is 5.80. The van der Waals surface area contributed by atoms with Crippen LogP contribution in [0.15, 0.2) is 30.5 Å². The van der Waals surface area contributed by atoms with Crippen LogP contribution in [-0.2, 0) is 13.1 Å². The van der Waals surface area contributed by atoms with Gasteiger partial charge in [-0.2, -0.15) is 0 Å². The van der Waals surface area contributed by atoms with Gasteiger partial charge in [0.2, 0.25) is 0 Å². The Morgan fingerprint density at radius 3 is 3.00 bits per heavy atom. The molecule has 2 rings (SSSR count). The van der Waals surface area contributed by atoms with Crippen LogP contribution in [-0.4, -0.2) is 11.6 Å². The zero-order valence-electron chi connectivity index (χ0n) is 9.53. The molecule has 0 aliphatic heterocycles. The number of nitrogens with zero attached hydrogens (tertiary/aromatic N) is 1. The minimum atomic E-state index is 0.780. The molecule has 0 amide bonds. The van der Waals surface area contributed by atoms with Crippen molar-refractivity contribution < 1.29 is 0 Å². The Morgan fingerprint density at radius 1 is 1.38 bits per heavy atom. The summed E-state index contributed by atoms with van der Waals surface area (Å²) in [5.41, 5.74) is 2.57. The predicted octanol–water partition coefficient (Wildman–Crippen LogP) is 2.38. The monoisotopic (exact) mass is 212 g/mol. The van der Waals surface area contributed by atoms with Crippen LogP contribution in [0, 0.1) is 12.3 Å². The lowest BCUT2D eigenvalue weighted by Crippen LogP contribution is -2.04. The largest absolute Gasteiger partial charge is 0.347 e. The molecule has 2 heteroatoms. The lowest BCUT2D eigenvalue weighted by Gasteiger charge is -2.04. The van der Waals surface area contributed by atoms with E-state index in [0.29, 0.717) is 0 Å². The molecule has 0 saturated heterocycles. The zero-order chi connectivity index (χ0) is 11.4. The van der Waals surface area contributed by atoms with Crippen molar-refractivity contribution in [2.24, 2.45) is 0 Å². The molecule has 0 fully saturated rings. The van der Waals surface area contributed by atoms with Crippen molar-refractivity contribution in [3.8, 4) is 12.3 Å². The summed E-state index contributed by atoms with van der Waals surface area (Å²) in [5.74, 6) is 2.67. The molecular weight excluding hydrogens is 196 g/mol. The van der Waals surface area contributed by atoms with Crippen molar-refractivity contribution in [3.63, 3.8) is 0 Å². The third-order valence-electron chi connectivity index (χ3n) is 2.71. The smallest absolute Gasteiger partial charge is 0.0480 e. The summed E-state index contributed by atoms with van der Waals surface area (Å²) in [5, 5.41) is 4.44. The van der Waals surface area contributed by atoms with Gasteiger partial charge in [-0.25, -0.2) is 0 Å². The third kappa shape index (κ3) is 2.10. The molecule has 0 atom stereocenters. The summed E-state index contributed by atoms with van der Waals surface area (Å²) in [4.78, 5) is 0. The fourth-order valence-electron chi connectivity index (χ4n) is 1.94. The van der Waals surface area contributed by atoms with Gasteiger partial charge in [0.25, 0.3) is 0 Å². The number of aryl methyl sites for hydroxylation is 1. The Bertz CT molecular complexity index is 517. The Kier molecular flexibility index (Phi) is 3.28. The van der Waals surface area contributed by atoms with E-state index in [2.05, 4.69) is 46.3 Å². The summed E-state index contributed by atoms with van der Waals surface area (Å²) in [6.45, 7) is 1.80.